The topological polar surface area (TPSA) is 71.3 Å². The second kappa shape index (κ2) is 7.51. The molecule has 0 unspecified atom stereocenters. The van der Waals surface area contributed by atoms with Crippen LogP contribution in [0.3, 0.4) is 0 Å². The molecule has 0 aliphatic heterocycles. The summed E-state index contributed by atoms with van der Waals surface area (Å²) in [5.74, 6) is 1.72. The minimum Gasteiger partial charge on any atom is -0.490 e. The minimum absolute atomic E-state index is 0.0967. The van der Waals surface area contributed by atoms with E-state index in [1.807, 2.05) is 24.3 Å². The maximum atomic E-state index is 11.7. The predicted octanol–water partition coefficient (Wildman–Crippen LogP) is 3.36. The second-order valence-electron chi connectivity index (χ2n) is 5.62. The highest BCUT2D eigenvalue weighted by Gasteiger charge is 2.29. The lowest BCUT2D eigenvalue weighted by Crippen LogP contribution is -2.13. The summed E-state index contributed by atoms with van der Waals surface area (Å²) in [5.41, 5.74) is 1.39. The Balaban J connectivity index is 1.39. The van der Waals surface area contributed by atoms with Crippen LogP contribution >= 0.6 is 0 Å². The fourth-order valence-corrected chi connectivity index (χ4v) is 2.17. The number of carbonyl (C=O) groups excluding carboxylic acids is 1. The summed E-state index contributed by atoms with van der Waals surface area (Å²) >= 11 is 0. The average molecular weight is 322 g/mol. The number of nitrogens with zero attached hydrogens (tertiary/aromatic N) is 1. The molecule has 0 heterocycles. The van der Waals surface area contributed by atoms with Crippen molar-refractivity contribution in [1.82, 2.24) is 0 Å². The molecule has 2 aromatic rings. The summed E-state index contributed by atoms with van der Waals surface area (Å²) in [5, 5.41) is 11.6. The van der Waals surface area contributed by atoms with Crippen molar-refractivity contribution in [3.63, 3.8) is 0 Å². The largest absolute Gasteiger partial charge is 0.490 e. The van der Waals surface area contributed by atoms with Crippen LogP contribution in [0.1, 0.15) is 18.4 Å². The van der Waals surface area contributed by atoms with Crippen LogP contribution in [-0.4, -0.2) is 19.1 Å². The molecule has 1 aliphatic rings. The fourth-order valence-electron chi connectivity index (χ4n) is 2.17. The van der Waals surface area contributed by atoms with Crippen molar-refractivity contribution in [3.05, 3.63) is 54.1 Å². The smallest absolute Gasteiger partial charge is 0.227 e. The van der Waals surface area contributed by atoms with Gasteiger partial charge in [-0.15, -0.1) is 0 Å². The third-order valence-corrected chi connectivity index (χ3v) is 3.67. The Morgan fingerprint density at radius 2 is 1.54 bits per heavy atom. The summed E-state index contributed by atoms with van der Waals surface area (Å²) in [7, 11) is 0. The molecule has 1 amide bonds. The number of carbonyl (C=O) groups is 1. The highest BCUT2D eigenvalue weighted by Crippen LogP contribution is 2.30. The van der Waals surface area contributed by atoms with Crippen LogP contribution in [0, 0.1) is 17.2 Å². The van der Waals surface area contributed by atoms with E-state index in [9.17, 15) is 4.79 Å². The zero-order valence-corrected chi connectivity index (χ0v) is 13.2. The van der Waals surface area contributed by atoms with Gasteiger partial charge in [-0.1, -0.05) is 0 Å². The van der Waals surface area contributed by atoms with Gasteiger partial charge in [0.2, 0.25) is 5.91 Å². The van der Waals surface area contributed by atoms with E-state index in [0.29, 0.717) is 24.5 Å². The molecule has 0 atom stereocenters. The van der Waals surface area contributed by atoms with Crippen LogP contribution in [0.5, 0.6) is 11.5 Å². The average Bonchev–Trinajstić information content (AvgIpc) is 3.46. The van der Waals surface area contributed by atoms with E-state index in [1.54, 1.807) is 24.3 Å². The highest BCUT2D eigenvalue weighted by atomic mass is 16.5. The van der Waals surface area contributed by atoms with Crippen LogP contribution in [0.25, 0.3) is 0 Å². The Labute approximate surface area is 140 Å². The molecule has 24 heavy (non-hydrogen) atoms. The van der Waals surface area contributed by atoms with Crippen LogP contribution < -0.4 is 14.8 Å². The first kappa shape index (κ1) is 15.9. The van der Waals surface area contributed by atoms with Gasteiger partial charge in [-0.2, -0.15) is 5.26 Å². The van der Waals surface area contributed by atoms with E-state index in [-0.39, 0.29) is 11.8 Å². The lowest BCUT2D eigenvalue weighted by atomic mass is 10.2. The molecule has 3 rings (SSSR count). The van der Waals surface area contributed by atoms with Gasteiger partial charge >= 0.3 is 0 Å². The van der Waals surface area contributed by atoms with Gasteiger partial charge in [-0.3, -0.25) is 4.79 Å². The summed E-state index contributed by atoms with van der Waals surface area (Å²) in [6.07, 6.45) is 1.98. The van der Waals surface area contributed by atoms with E-state index < -0.39 is 0 Å². The van der Waals surface area contributed by atoms with Crippen LogP contribution in [-0.2, 0) is 4.79 Å². The molecule has 1 saturated carbocycles. The molecular weight excluding hydrogens is 304 g/mol. The summed E-state index contributed by atoms with van der Waals surface area (Å²) in [6, 6.07) is 16.3. The second-order valence-corrected chi connectivity index (χ2v) is 5.62. The SMILES string of the molecule is N#Cc1ccc(OCCOc2ccc(NC(=O)C3CC3)cc2)cc1. The number of nitrogens with one attached hydrogen (secondary N) is 1. The minimum atomic E-state index is 0.0967. The standard InChI is InChI=1S/C19H18N2O3/c20-13-14-1-7-17(8-2-14)23-11-12-24-18-9-5-16(6-10-18)21-19(22)15-3-4-15/h1-2,5-10,15H,3-4,11-12H2,(H,21,22). The molecule has 1 aliphatic carbocycles. The Bertz CT molecular complexity index is 729. The maximum Gasteiger partial charge on any atom is 0.227 e. The molecule has 122 valence electrons. The lowest BCUT2D eigenvalue weighted by molar-refractivity contribution is -0.117. The van der Waals surface area contributed by atoms with E-state index >= 15 is 0 Å². The van der Waals surface area contributed by atoms with Crippen LogP contribution in [0.15, 0.2) is 48.5 Å². The highest BCUT2D eigenvalue weighted by molar-refractivity contribution is 5.94. The van der Waals surface area contributed by atoms with Gasteiger partial charge in [-0.05, 0) is 61.4 Å². The fraction of sp³-hybridized carbons (Fsp3) is 0.263. The summed E-state index contributed by atoms with van der Waals surface area (Å²) in [6.45, 7) is 0.819. The van der Waals surface area contributed by atoms with Gasteiger partial charge in [0, 0.05) is 11.6 Å². The van der Waals surface area contributed by atoms with E-state index in [1.165, 1.54) is 0 Å². The maximum absolute atomic E-state index is 11.7. The van der Waals surface area contributed by atoms with Gasteiger partial charge in [-0.25, -0.2) is 0 Å². The number of hydrogen-bond acceptors (Lipinski definition) is 4. The monoisotopic (exact) mass is 322 g/mol. The Kier molecular flexibility index (Phi) is 4.97. The Morgan fingerprint density at radius 1 is 1.00 bits per heavy atom. The summed E-state index contributed by atoms with van der Waals surface area (Å²) in [4.78, 5) is 11.7. The number of nitriles is 1. The Hall–Kier alpha value is -3.00. The molecule has 1 N–H and O–H groups in total. The van der Waals surface area contributed by atoms with Gasteiger partial charge in [0.15, 0.2) is 0 Å². The first-order chi connectivity index (χ1) is 11.7. The van der Waals surface area contributed by atoms with Gasteiger partial charge in [0.25, 0.3) is 0 Å². The van der Waals surface area contributed by atoms with E-state index in [2.05, 4.69) is 11.4 Å². The van der Waals surface area contributed by atoms with Gasteiger partial charge in [0.05, 0.1) is 11.6 Å². The van der Waals surface area contributed by atoms with Crippen molar-refractivity contribution in [2.45, 2.75) is 12.8 Å². The summed E-state index contributed by atoms with van der Waals surface area (Å²) < 4.78 is 11.1. The molecule has 0 radical (unpaired) electrons. The quantitative estimate of drug-likeness (QED) is 0.793. The number of amides is 1. The van der Waals surface area contributed by atoms with Gasteiger partial charge < -0.3 is 14.8 Å². The van der Waals surface area contributed by atoms with Crippen molar-refractivity contribution in [3.8, 4) is 17.6 Å². The molecule has 0 aromatic heterocycles. The van der Waals surface area contributed by atoms with Crippen LogP contribution in [0.2, 0.25) is 0 Å². The van der Waals surface area contributed by atoms with Crippen molar-refractivity contribution >= 4 is 11.6 Å². The van der Waals surface area contributed by atoms with Crippen molar-refractivity contribution in [1.29, 1.82) is 5.26 Å². The molecule has 0 bridgehead atoms. The van der Waals surface area contributed by atoms with Crippen molar-refractivity contribution in [2.24, 2.45) is 5.92 Å². The molecule has 5 heteroatoms. The van der Waals surface area contributed by atoms with Crippen LogP contribution in [0.4, 0.5) is 5.69 Å². The normalized spacial score (nSPS) is 13.0. The number of rotatable bonds is 7. The molecule has 5 nitrogen and oxygen atoms in total. The number of benzene rings is 2. The molecule has 2 aromatic carbocycles. The lowest BCUT2D eigenvalue weighted by Gasteiger charge is -2.09. The van der Waals surface area contributed by atoms with Crippen molar-refractivity contribution in [2.75, 3.05) is 18.5 Å². The number of hydrogen-bond donors (Lipinski definition) is 1. The third kappa shape index (κ3) is 4.50. The molecular formula is C19H18N2O3. The molecule has 0 spiro atoms. The van der Waals surface area contributed by atoms with Gasteiger partial charge in [0.1, 0.15) is 24.7 Å². The zero-order chi connectivity index (χ0) is 16.8. The first-order valence-electron chi connectivity index (χ1n) is 7.91. The zero-order valence-electron chi connectivity index (χ0n) is 13.2. The van der Waals surface area contributed by atoms with E-state index in [0.717, 1.165) is 24.3 Å². The number of anilines is 1. The van der Waals surface area contributed by atoms with E-state index in [4.69, 9.17) is 14.7 Å². The third-order valence-electron chi connectivity index (χ3n) is 3.67. The Morgan fingerprint density at radius 3 is 2.04 bits per heavy atom. The molecule has 1 fully saturated rings. The number of ether oxygens (including phenoxy) is 2. The van der Waals surface area contributed by atoms with Crippen molar-refractivity contribution < 1.29 is 14.3 Å². The predicted molar refractivity (Wildman–Crippen MR) is 89.9 cm³/mol. The first-order valence-corrected chi connectivity index (χ1v) is 7.91. The molecule has 0 saturated heterocycles.